The van der Waals surface area contributed by atoms with Gasteiger partial charge in [-0.3, -0.25) is 9.36 Å². The van der Waals surface area contributed by atoms with E-state index in [9.17, 15) is 26.7 Å². The maximum absolute atomic E-state index is 12.3. The molecule has 3 rings (SSSR count). The van der Waals surface area contributed by atoms with Crippen molar-refractivity contribution in [1.82, 2.24) is 19.3 Å². The van der Waals surface area contributed by atoms with Crippen LogP contribution in [0.3, 0.4) is 0 Å². The van der Waals surface area contributed by atoms with E-state index in [1.807, 2.05) is 0 Å². The third-order valence-corrected chi connectivity index (χ3v) is 2.87. The first-order chi connectivity index (χ1) is 10.8. The summed E-state index contributed by atoms with van der Waals surface area (Å²) in [7, 11) is 0. The monoisotopic (exact) mass is 337 g/mol. The molecule has 1 aliphatic rings. The Kier molecular flexibility index (Phi) is 4.96. The maximum atomic E-state index is 12.3. The summed E-state index contributed by atoms with van der Waals surface area (Å²) in [6.45, 7) is -1.56. The Labute approximate surface area is 126 Å². The Morgan fingerprint density at radius 1 is 1.30 bits per heavy atom. The maximum Gasteiger partial charge on any atom is 0.433 e. The number of alkyl halides is 5. The zero-order valence-corrected chi connectivity index (χ0v) is 11.6. The van der Waals surface area contributed by atoms with Crippen molar-refractivity contribution in [3.8, 4) is 0 Å². The van der Waals surface area contributed by atoms with E-state index in [-0.39, 0.29) is 5.95 Å². The van der Waals surface area contributed by atoms with Crippen LogP contribution < -0.4 is 10.9 Å². The van der Waals surface area contributed by atoms with Crippen LogP contribution in [0.4, 0.5) is 27.9 Å². The predicted octanol–water partition coefficient (Wildman–Crippen LogP) is 2.36. The van der Waals surface area contributed by atoms with Gasteiger partial charge in [-0.2, -0.15) is 27.1 Å². The highest BCUT2D eigenvalue weighted by Gasteiger charge is 2.34. The Balaban J connectivity index is 0.000000203. The third-order valence-electron chi connectivity index (χ3n) is 2.87. The lowest BCUT2D eigenvalue weighted by Gasteiger charge is -2.19. The molecule has 6 nitrogen and oxygen atoms in total. The first kappa shape index (κ1) is 16.9. The van der Waals surface area contributed by atoms with E-state index in [2.05, 4.69) is 15.4 Å². The number of fused-ring (bicyclic) bond motifs is 1. The van der Waals surface area contributed by atoms with Crippen LogP contribution in [0.1, 0.15) is 18.7 Å². The van der Waals surface area contributed by atoms with E-state index in [4.69, 9.17) is 0 Å². The van der Waals surface area contributed by atoms with E-state index < -0.39 is 24.0 Å². The molecule has 1 N–H and O–H groups in total. The van der Waals surface area contributed by atoms with Crippen molar-refractivity contribution in [2.45, 2.75) is 25.7 Å². The molecular weight excluding hydrogens is 325 g/mol. The zero-order valence-electron chi connectivity index (χ0n) is 11.6. The molecule has 0 atom stereocenters. The van der Waals surface area contributed by atoms with Crippen molar-refractivity contribution in [2.75, 3.05) is 11.9 Å². The minimum absolute atomic E-state index is 0.000995. The molecule has 0 spiro atoms. The van der Waals surface area contributed by atoms with Gasteiger partial charge in [0.25, 0.3) is 5.56 Å². The molecule has 0 saturated heterocycles. The van der Waals surface area contributed by atoms with Crippen LogP contribution in [0.15, 0.2) is 29.3 Å². The molecule has 0 fully saturated rings. The third kappa shape index (κ3) is 4.27. The van der Waals surface area contributed by atoms with Crippen LogP contribution in [-0.4, -0.2) is 25.9 Å². The predicted molar refractivity (Wildman–Crippen MR) is 70.1 cm³/mol. The van der Waals surface area contributed by atoms with Gasteiger partial charge in [0.05, 0.1) is 0 Å². The van der Waals surface area contributed by atoms with Gasteiger partial charge in [-0.1, -0.05) is 0 Å². The van der Waals surface area contributed by atoms with E-state index in [0.717, 1.165) is 0 Å². The van der Waals surface area contributed by atoms with E-state index in [0.29, 0.717) is 30.3 Å². The highest BCUT2D eigenvalue weighted by molar-refractivity contribution is 5.29. The van der Waals surface area contributed by atoms with Crippen LogP contribution in [-0.2, 0) is 12.7 Å². The molecule has 1 aliphatic heterocycles. The van der Waals surface area contributed by atoms with Gasteiger partial charge in [-0.25, -0.2) is 9.67 Å². The van der Waals surface area contributed by atoms with Gasteiger partial charge in [0.1, 0.15) is 0 Å². The standard InChI is InChI=1S/C8H8F3N3O.C4H4F2N2/c9-8(10,11)5-4-6(15)14-3-1-2-12-7(14)13-5;5-4(6)8-3-1-2-7-8/h4H,1-3H2,(H,12,13);1-4H. The van der Waals surface area contributed by atoms with Crippen LogP contribution in [0, 0.1) is 0 Å². The van der Waals surface area contributed by atoms with Gasteiger partial charge in [0.2, 0.25) is 5.95 Å². The first-order valence-corrected chi connectivity index (χ1v) is 6.49. The molecule has 0 bridgehead atoms. The minimum Gasteiger partial charge on any atom is -0.355 e. The Morgan fingerprint density at radius 3 is 2.57 bits per heavy atom. The fourth-order valence-electron chi connectivity index (χ4n) is 1.84. The molecule has 11 heteroatoms. The quantitative estimate of drug-likeness (QED) is 0.812. The summed E-state index contributed by atoms with van der Waals surface area (Å²) in [4.78, 5) is 14.7. The topological polar surface area (TPSA) is 64.7 Å². The molecule has 0 amide bonds. The number of nitrogens with zero attached hydrogens (tertiary/aromatic N) is 4. The number of rotatable bonds is 1. The lowest BCUT2D eigenvalue weighted by atomic mass is 10.3. The Hall–Kier alpha value is -2.46. The number of hydrogen-bond donors (Lipinski definition) is 1. The average molecular weight is 337 g/mol. The van der Waals surface area contributed by atoms with E-state index in [1.165, 1.54) is 23.0 Å². The van der Waals surface area contributed by atoms with Crippen molar-refractivity contribution < 1.29 is 22.0 Å². The lowest BCUT2D eigenvalue weighted by molar-refractivity contribution is -0.141. The first-order valence-electron chi connectivity index (χ1n) is 6.49. The molecule has 2 aromatic rings. The van der Waals surface area contributed by atoms with E-state index >= 15 is 0 Å². The average Bonchev–Trinajstić information content (AvgIpc) is 3.01. The van der Waals surface area contributed by atoms with Crippen LogP contribution in [0.25, 0.3) is 0 Å². The fourth-order valence-corrected chi connectivity index (χ4v) is 1.84. The van der Waals surface area contributed by atoms with Crippen molar-refractivity contribution in [2.24, 2.45) is 0 Å². The normalized spacial score (nSPS) is 13.8. The number of anilines is 1. The fraction of sp³-hybridized carbons (Fsp3) is 0.417. The van der Waals surface area contributed by atoms with Gasteiger partial charge >= 0.3 is 12.7 Å². The SMILES string of the molecule is FC(F)n1cccn1.O=c1cc(C(F)(F)F)nc2n1CCCN2. The van der Waals surface area contributed by atoms with Gasteiger partial charge in [-0.15, -0.1) is 0 Å². The summed E-state index contributed by atoms with van der Waals surface area (Å²) < 4.78 is 61.7. The number of aromatic nitrogens is 4. The number of nitrogens with one attached hydrogen (secondary N) is 1. The van der Waals surface area contributed by atoms with E-state index in [1.54, 1.807) is 0 Å². The summed E-state index contributed by atoms with van der Waals surface area (Å²) in [6, 6.07) is 1.97. The summed E-state index contributed by atoms with van der Waals surface area (Å²) in [5.41, 5.74) is -1.81. The van der Waals surface area contributed by atoms with Crippen molar-refractivity contribution in [3.05, 3.63) is 40.6 Å². The Bertz CT molecular complexity index is 695. The van der Waals surface area contributed by atoms with Gasteiger partial charge in [0.15, 0.2) is 5.69 Å². The molecule has 0 aliphatic carbocycles. The smallest absolute Gasteiger partial charge is 0.355 e. The number of hydrogen-bond acceptors (Lipinski definition) is 4. The summed E-state index contributed by atoms with van der Waals surface area (Å²) in [6.07, 6.45) is -1.34. The Morgan fingerprint density at radius 2 is 2.04 bits per heavy atom. The lowest BCUT2D eigenvalue weighted by Crippen LogP contribution is -2.31. The van der Waals surface area contributed by atoms with Crippen molar-refractivity contribution in [1.29, 1.82) is 0 Å². The summed E-state index contributed by atoms with van der Waals surface area (Å²) in [5.74, 6) is 0.000995. The highest BCUT2D eigenvalue weighted by atomic mass is 19.4. The van der Waals surface area contributed by atoms with Crippen LogP contribution >= 0.6 is 0 Å². The molecule has 0 unspecified atom stereocenters. The largest absolute Gasteiger partial charge is 0.433 e. The second-order valence-corrected chi connectivity index (χ2v) is 4.50. The molecule has 126 valence electrons. The summed E-state index contributed by atoms with van der Waals surface area (Å²) >= 11 is 0. The van der Waals surface area contributed by atoms with Crippen molar-refractivity contribution in [3.63, 3.8) is 0 Å². The second-order valence-electron chi connectivity index (χ2n) is 4.50. The molecule has 2 aromatic heterocycles. The van der Waals surface area contributed by atoms with Gasteiger partial charge < -0.3 is 5.32 Å². The van der Waals surface area contributed by atoms with Crippen LogP contribution in [0.5, 0.6) is 0 Å². The zero-order chi connectivity index (χ0) is 17.0. The molecule has 3 heterocycles. The minimum atomic E-state index is -4.58. The molecule has 0 aromatic carbocycles. The summed E-state index contributed by atoms with van der Waals surface area (Å²) in [5, 5.41) is 5.95. The van der Waals surface area contributed by atoms with Crippen LogP contribution in [0.2, 0.25) is 0 Å². The van der Waals surface area contributed by atoms with Gasteiger partial charge in [0, 0.05) is 31.5 Å². The highest BCUT2D eigenvalue weighted by Crippen LogP contribution is 2.27. The second kappa shape index (κ2) is 6.75. The number of halogens is 5. The molecule has 0 saturated carbocycles. The molecule has 0 radical (unpaired) electrons. The molecule has 23 heavy (non-hydrogen) atoms. The molecular formula is C12H12F5N5O. The van der Waals surface area contributed by atoms with Gasteiger partial charge in [-0.05, 0) is 12.5 Å². The van der Waals surface area contributed by atoms with Crippen molar-refractivity contribution >= 4 is 5.95 Å².